The highest BCUT2D eigenvalue weighted by Gasteiger charge is 1.98. The van der Waals surface area contributed by atoms with Crippen LogP contribution in [0.15, 0.2) is 0 Å². The molecule has 57 valence electrons. The number of hydrogen-bond acceptors (Lipinski definition) is 1. The Morgan fingerprint density at radius 2 is 2.30 bits per heavy atom. The second-order valence-electron chi connectivity index (χ2n) is 2.36. The zero-order valence-corrected chi connectivity index (χ0v) is 6.69. The summed E-state index contributed by atoms with van der Waals surface area (Å²) in [6.07, 6.45) is 9.68. The molecule has 1 atom stereocenters. The molecule has 0 heterocycles. The highest BCUT2D eigenvalue weighted by molar-refractivity contribution is 4.97. The zero-order valence-electron chi connectivity index (χ0n) is 6.69. The fraction of sp³-hybridized carbons (Fsp3) is 0.667. The molecule has 0 aromatic carbocycles. The van der Waals surface area contributed by atoms with Gasteiger partial charge in [0.05, 0.1) is 6.04 Å². The molecule has 0 bridgehead atoms. The second-order valence-corrected chi connectivity index (χ2v) is 2.36. The normalized spacial score (nSPS) is 12.5. The van der Waals surface area contributed by atoms with Gasteiger partial charge in [0.25, 0.3) is 0 Å². The Labute approximate surface area is 64.2 Å². The van der Waals surface area contributed by atoms with Crippen molar-refractivity contribution in [3.63, 3.8) is 0 Å². The van der Waals surface area contributed by atoms with Crippen molar-refractivity contribution in [1.29, 1.82) is 0 Å². The Kier molecular flexibility index (Phi) is 6.32. The standard InChI is InChI=1S/C9H16N/c1-4-6-7-8-9(5-2)10-3/h2,9-10H,1,4,6-8H2,3H3. The van der Waals surface area contributed by atoms with Gasteiger partial charge in [-0.2, -0.15) is 0 Å². The van der Waals surface area contributed by atoms with Crippen LogP contribution in [-0.4, -0.2) is 13.1 Å². The molecule has 1 unspecified atom stereocenters. The van der Waals surface area contributed by atoms with E-state index in [9.17, 15) is 0 Å². The van der Waals surface area contributed by atoms with Crippen molar-refractivity contribution in [1.82, 2.24) is 5.32 Å². The number of unbranched alkanes of at least 4 members (excludes halogenated alkanes) is 2. The molecule has 1 radical (unpaired) electrons. The van der Waals surface area contributed by atoms with E-state index >= 15 is 0 Å². The summed E-state index contributed by atoms with van der Waals surface area (Å²) >= 11 is 0. The Bertz CT molecular complexity index is 102. The number of terminal acetylenes is 1. The molecule has 1 heteroatoms. The molecular formula is C9H16N. The number of hydrogen-bond donors (Lipinski definition) is 1. The lowest BCUT2D eigenvalue weighted by Gasteiger charge is -2.07. The Hall–Kier alpha value is -0.480. The van der Waals surface area contributed by atoms with Gasteiger partial charge < -0.3 is 5.32 Å². The first kappa shape index (κ1) is 9.52. The molecule has 10 heavy (non-hydrogen) atoms. The van der Waals surface area contributed by atoms with Gasteiger partial charge in [-0.1, -0.05) is 32.1 Å². The monoisotopic (exact) mass is 138 g/mol. The molecule has 0 aliphatic carbocycles. The smallest absolute Gasteiger partial charge is 0.0684 e. The Morgan fingerprint density at radius 3 is 2.70 bits per heavy atom. The van der Waals surface area contributed by atoms with Crippen molar-refractivity contribution >= 4 is 0 Å². The average Bonchev–Trinajstić information content (AvgIpc) is 1.99. The van der Waals surface area contributed by atoms with Crippen molar-refractivity contribution in [2.75, 3.05) is 7.05 Å². The topological polar surface area (TPSA) is 12.0 Å². The molecule has 0 aromatic rings. The first-order valence-corrected chi connectivity index (χ1v) is 3.77. The number of rotatable bonds is 5. The van der Waals surface area contributed by atoms with Crippen LogP contribution in [0.2, 0.25) is 0 Å². The van der Waals surface area contributed by atoms with Crippen LogP contribution in [-0.2, 0) is 0 Å². The van der Waals surface area contributed by atoms with Crippen molar-refractivity contribution in [3.8, 4) is 12.3 Å². The van der Waals surface area contributed by atoms with E-state index in [0.29, 0.717) is 0 Å². The molecular weight excluding hydrogens is 122 g/mol. The minimum atomic E-state index is 0.256. The SMILES string of the molecule is C#CC(CCCC[CH2])NC. The molecule has 0 aromatic heterocycles. The third-order valence-corrected chi connectivity index (χ3v) is 1.54. The fourth-order valence-electron chi connectivity index (χ4n) is 0.836. The van der Waals surface area contributed by atoms with E-state index in [0.717, 1.165) is 12.8 Å². The predicted octanol–water partition coefficient (Wildman–Crippen LogP) is 1.60. The van der Waals surface area contributed by atoms with E-state index in [4.69, 9.17) is 6.42 Å². The Morgan fingerprint density at radius 1 is 1.60 bits per heavy atom. The summed E-state index contributed by atoms with van der Waals surface area (Å²) in [4.78, 5) is 0. The average molecular weight is 138 g/mol. The van der Waals surface area contributed by atoms with Crippen molar-refractivity contribution in [3.05, 3.63) is 6.92 Å². The van der Waals surface area contributed by atoms with Crippen LogP contribution >= 0.6 is 0 Å². The van der Waals surface area contributed by atoms with Gasteiger partial charge in [-0.3, -0.25) is 0 Å². The quantitative estimate of drug-likeness (QED) is 0.449. The highest BCUT2D eigenvalue weighted by atomic mass is 14.8. The maximum atomic E-state index is 5.24. The second kappa shape index (κ2) is 6.64. The van der Waals surface area contributed by atoms with Crippen LogP contribution in [0.3, 0.4) is 0 Å². The molecule has 0 saturated carbocycles. The molecule has 0 amide bonds. The van der Waals surface area contributed by atoms with Crippen molar-refractivity contribution < 1.29 is 0 Å². The summed E-state index contributed by atoms with van der Waals surface area (Å²) in [5.41, 5.74) is 0. The third kappa shape index (κ3) is 4.40. The molecule has 0 aliphatic rings. The summed E-state index contributed by atoms with van der Waals surface area (Å²) in [6.45, 7) is 3.76. The van der Waals surface area contributed by atoms with Gasteiger partial charge in [-0.25, -0.2) is 0 Å². The first-order chi connectivity index (χ1) is 4.85. The maximum Gasteiger partial charge on any atom is 0.0684 e. The van der Waals surface area contributed by atoms with Crippen LogP contribution in [0.25, 0.3) is 0 Å². The van der Waals surface area contributed by atoms with Gasteiger partial charge in [0.1, 0.15) is 0 Å². The molecule has 0 aliphatic heterocycles. The van der Waals surface area contributed by atoms with Crippen LogP contribution in [0, 0.1) is 19.3 Å². The molecule has 1 nitrogen and oxygen atoms in total. The lowest BCUT2D eigenvalue weighted by atomic mass is 10.1. The summed E-state index contributed by atoms with van der Waals surface area (Å²) in [5, 5.41) is 3.05. The van der Waals surface area contributed by atoms with Gasteiger partial charge in [-0.15, -0.1) is 6.42 Å². The molecule has 0 saturated heterocycles. The minimum absolute atomic E-state index is 0.256. The highest BCUT2D eigenvalue weighted by Crippen LogP contribution is 2.01. The fourth-order valence-corrected chi connectivity index (χ4v) is 0.836. The maximum absolute atomic E-state index is 5.24. The predicted molar refractivity (Wildman–Crippen MR) is 45.5 cm³/mol. The van der Waals surface area contributed by atoms with E-state index in [1.54, 1.807) is 0 Å². The summed E-state index contributed by atoms with van der Waals surface area (Å²) in [5.74, 6) is 2.68. The molecule has 0 spiro atoms. The van der Waals surface area contributed by atoms with Crippen LogP contribution in [0.4, 0.5) is 0 Å². The van der Waals surface area contributed by atoms with E-state index in [2.05, 4.69) is 18.2 Å². The summed E-state index contributed by atoms with van der Waals surface area (Å²) in [6, 6.07) is 0.256. The molecule has 0 fully saturated rings. The third-order valence-electron chi connectivity index (χ3n) is 1.54. The summed E-state index contributed by atoms with van der Waals surface area (Å²) in [7, 11) is 1.90. The first-order valence-electron chi connectivity index (χ1n) is 3.77. The van der Waals surface area contributed by atoms with Crippen LogP contribution in [0.1, 0.15) is 25.7 Å². The van der Waals surface area contributed by atoms with Crippen LogP contribution in [0.5, 0.6) is 0 Å². The zero-order chi connectivity index (χ0) is 7.82. The van der Waals surface area contributed by atoms with E-state index in [-0.39, 0.29) is 6.04 Å². The van der Waals surface area contributed by atoms with Crippen molar-refractivity contribution in [2.45, 2.75) is 31.7 Å². The van der Waals surface area contributed by atoms with Gasteiger partial charge in [0.2, 0.25) is 0 Å². The molecule has 0 rings (SSSR count). The Balaban J connectivity index is 3.20. The van der Waals surface area contributed by atoms with E-state index < -0.39 is 0 Å². The minimum Gasteiger partial charge on any atom is -0.307 e. The largest absolute Gasteiger partial charge is 0.307 e. The lowest BCUT2D eigenvalue weighted by molar-refractivity contribution is 0.581. The number of nitrogens with one attached hydrogen (secondary N) is 1. The van der Waals surface area contributed by atoms with E-state index in [1.165, 1.54) is 12.8 Å². The van der Waals surface area contributed by atoms with Crippen molar-refractivity contribution in [2.24, 2.45) is 0 Å². The molecule has 1 N–H and O–H groups in total. The van der Waals surface area contributed by atoms with Gasteiger partial charge in [0.15, 0.2) is 0 Å². The summed E-state index contributed by atoms with van der Waals surface area (Å²) < 4.78 is 0. The van der Waals surface area contributed by atoms with Gasteiger partial charge >= 0.3 is 0 Å². The lowest BCUT2D eigenvalue weighted by Crippen LogP contribution is -2.22. The van der Waals surface area contributed by atoms with E-state index in [1.807, 2.05) is 7.05 Å². The van der Waals surface area contributed by atoms with Crippen LogP contribution < -0.4 is 5.32 Å². The van der Waals surface area contributed by atoms with Gasteiger partial charge in [0, 0.05) is 0 Å². The van der Waals surface area contributed by atoms with Gasteiger partial charge in [-0.05, 0) is 13.5 Å².